The first-order chi connectivity index (χ1) is 9.65. The van der Waals surface area contributed by atoms with Gasteiger partial charge in [-0.05, 0) is 53.4 Å². The summed E-state index contributed by atoms with van der Waals surface area (Å²) in [6.45, 7) is 3.05. The lowest BCUT2D eigenvalue weighted by molar-refractivity contribution is 0.349. The zero-order chi connectivity index (χ0) is 14.1. The predicted molar refractivity (Wildman–Crippen MR) is 84.0 cm³/mol. The third kappa shape index (κ3) is 3.08. The number of aromatic nitrogens is 2. The largest absolute Gasteiger partial charge is 0.380 e. The molecule has 1 aromatic heterocycles. The van der Waals surface area contributed by atoms with Crippen molar-refractivity contribution in [2.45, 2.75) is 58.0 Å². The van der Waals surface area contributed by atoms with E-state index in [1.54, 1.807) is 10.9 Å². The zero-order valence-corrected chi connectivity index (χ0v) is 13.5. The van der Waals surface area contributed by atoms with E-state index in [4.69, 9.17) is 0 Å². The van der Waals surface area contributed by atoms with Crippen LogP contribution >= 0.6 is 15.9 Å². The van der Waals surface area contributed by atoms with Gasteiger partial charge in [0, 0.05) is 12.6 Å². The fraction of sp³-hybridized carbons (Fsp3) is 0.733. The number of rotatable bonds is 4. The maximum atomic E-state index is 12.3. The average Bonchev–Trinajstić information content (AvgIpc) is 3.25. The maximum absolute atomic E-state index is 12.3. The summed E-state index contributed by atoms with van der Waals surface area (Å²) in [5.74, 6) is 1.31. The first kappa shape index (κ1) is 14.1. The highest BCUT2D eigenvalue weighted by Crippen LogP contribution is 2.31. The summed E-state index contributed by atoms with van der Waals surface area (Å²) < 4.78 is 2.22. The molecular formula is C15H22BrN3O. The summed E-state index contributed by atoms with van der Waals surface area (Å²) in [6, 6.07) is 0.459. The van der Waals surface area contributed by atoms with Crippen molar-refractivity contribution in [3.05, 3.63) is 21.0 Å². The fourth-order valence-electron chi connectivity index (χ4n) is 2.97. The lowest BCUT2D eigenvalue weighted by Gasteiger charge is -2.30. The highest BCUT2D eigenvalue weighted by Gasteiger charge is 2.25. The molecule has 0 amide bonds. The summed E-state index contributed by atoms with van der Waals surface area (Å²) in [5, 5.41) is 7.83. The van der Waals surface area contributed by atoms with Crippen LogP contribution in [0.2, 0.25) is 0 Å². The second-order valence-corrected chi connectivity index (χ2v) is 7.11. The van der Waals surface area contributed by atoms with E-state index in [2.05, 4.69) is 33.3 Å². The van der Waals surface area contributed by atoms with Crippen molar-refractivity contribution < 1.29 is 0 Å². The second kappa shape index (κ2) is 5.88. The Labute approximate surface area is 128 Å². The Morgan fingerprint density at radius 3 is 2.80 bits per heavy atom. The minimum atomic E-state index is -0.00892. The third-order valence-electron chi connectivity index (χ3n) is 4.57. The third-order valence-corrected chi connectivity index (χ3v) is 5.33. The van der Waals surface area contributed by atoms with Gasteiger partial charge in [-0.1, -0.05) is 19.8 Å². The Kier molecular flexibility index (Phi) is 4.15. The minimum Gasteiger partial charge on any atom is -0.380 e. The van der Waals surface area contributed by atoms with E-state index in [1.165, 1.54) is 38.5 Å². The molecule has 2 atom stereocenters. The van der Waals surface area contributed by atoms with Crippen LogP contribution in [-0.2, 0) is 6.54 Å². The Balaban J connectivity index is 1.75. The van der Waals surface area contributed by atoms with Crippen LogP contribution in [0.4, 0.5) is 5.69 Å². The molecule has 20 heavy (non-hydrogen) atoms. The number of hydrogen-bond donors (Lipinski definition) is 1. The van der Waals surface area contributed by atoms with Crippen molar-refractivity contribution in [1.82, 2.24) is 9.78 Å². The number of nitrogens with zero attached hydrogens (tertiary/aromatic N) is 2. The Bertz CT molecular complexity index is 538. The number of halogens is 1. The van der Waals surface area contributed by atoms with E-state index in [-0.39, 0.29) is 5.56 Å². The van der Waals surface area contributed by atoms with Crippen LogP contribution in [-0.4, -0.2) is 15.8 Å². The number of nitrogens with one attached hydrogen (secondary N) is 1. The monoisotopic (exact) mass is 339 g/mol. The van der Waals surface area contributed by atoms with Gasteiger partial charge < -0.3 is 5.32 Å². The topological polar surface area (TPSA) is 46.9 Å². The van der Waals surface area contributed by atoms with Gasteiger partial charge in [-0.25, -0.2) is 4.68 Å². The van der Waals surface area contributed by atoms with Crippen molar-refractivity contribution in [2.75, 3.05) is 5.32 Å². The molecule has 2 unspecified atom stereocenters. The molecule has 1 aromatic rings. The van der Waals surface area contributed by atoms with Crippen molar-refractivity contribution >= 4 is 21.6 Å². The van der Waals surface area contributed by atoms with Crippen LogP contribution in [0, 0.1) is 11.8 Å². The first-order valence-electron chi connectivity index (χ1n) is 7.67. The van der Waals surface area contributed by atoms with Crippen molar-refractivity contribution in [1.29, 1.82) is 0 Å². The number of anilines is 1. The summed E-state index contributed by atoms with van der Waals surface area (Å²) in [5.41, 5.74) is 0.839. The smallest absolute Gasteiger partial charge is 0.283 e. The quantitative estimate of drug-likeness (QED) is 0.914. The van der Waals surface area contributed by atoms with Gasteiger partial charge in [-0.15, -0.1) is 0 Å². The molecule has 0 radical (unpaired) electrons. The molecule has 0 spiro atoms. The van der Waals surface area contributed by atoms with E-state index >= 15 is 0 Å². The van der Waals surface area contributed by atoms with E-state index in [1.807, 2.05) is 0 Å². The molecule has 2 aliphatic carbocycles. The van der Waals surface area contributed by atoms with E-state index in [0.29, 0.717) is 22.4 Å². The summed E-state index contributed by atoms with van der Waals surface area (Å²) in [6.07, 6.45) is 9.29. The molecule has 0 aliphatic heterocycles. The van der Waals surface area contributed by atoms with Crippen LogP contribution < -0.4 is 10.9 Å². The van der Waals surface area contributed by atoms with Crippen LogP contribution in [0.3, 0.4) is 0 Å². The maximum Gasteiger partial charge on any atom is 0.283 e. The normalized spacial score (nSPS) is 26.5. The SMILES string of the molecule is CC1CCCCC1Nc1cnn(CC2CC2)c(=O)c1Br. The second-order valence-electron chi connectivity index (χ2n) is 6.32. The van der Waals surface area contributed by atoms with Crippen LogP contribution in [0.1, 0.15) is 45.4 Å². The molecule has 0 bridgehead atoms. The lowest BCUT2D eigenvalue weighted by Crippen LogP contribution is -2.32. The molecule has 2 aliphatic rings. The van der Waals surface area contributed by atoms with Crippen LogP contribution in [0.5, 0.6) is 0 Å². The van der Waals surface area contributed by atoms with Gasteiger partial charge in [0.25, 0.3) is 5.56 Å². The zero-order valence-electron chi connectivity index (χ0n) is 11.9. The van der Waals surface area contributed by atoms with Crippen molar-refractivity contribution in [3.63, 3.8) is 0 Å². The van der Waals surface area contributed by atoms with Gasteiger partial charge in [-0.2, -0.15) is 5.10 Å². The molecule has 5 heteroatoms. The van der Waals surface area contributed by atoms with Gasteiger partial charge >= 0.3 is 0 Å². The standard InChI is InChI=1S/C15H22BrN3O/c1-10-4-2-3-5-12(10)18-13-8-17-19(9-11-6-7-11)15(20)14(13)16/h8,10-12,18H,2-7,9H2,1H3. The van der Waals surface area contributed by atoms with Gasteiger partial charge in [0.2, 0.25) is 0 Å². The van der Waals surface area contributed by atoms with Gasteiger partial charge in [0.1, 0.15) is 4.47 Å². The molecule has 1 heterocycles. The van der Waals surface area contributed by atoms with E-state index in [9.17, 15) is 4.79 Å². The minimum absolute atomic E-state index is 0.00892. The Hall–Kier alpha value is -0.840. The average molecular weight is 340 g/mol. The van der Waals surface area contributed by atoms with Gasteiger partial charge in [-0.3, -0.25) is 4.79 Å². The Morgan fingerprint density at radius 1 is 1.35 bits per heavy atom. The molecule has 110 valence electrons. The fourth-order valence-corrected chi connectivity index (χ4v) is 3.39. The highest BCUT2D eigenvalue weighted by molar-refractivity contribution is 9.10. The van der Waals surface area contributed by atoms with E-state index < -0.39 is 0 Å². The summed E-state index contributed by atoms with van der Waals surface area (Å²) in [7, 11) is 0. The lowest BCUT2D eigenvalue weighted by atomic mass is 9.86. The van der Waals surface area contributed by atoms with Gasteiger partial charge in [0.15, 0.2) is 0 Å². The molecule has 3 rings (SSSR count). The van der Waals surface area contributed by atoms with Crippen LogP contribution in [0.25, 0.3) is 0 Å². The molecule has 2 fully saturated rings. The molecule has 4 nitrogen and oxygen atoms in total. The molecule has 2 saturated carbocycles. The number of hydrogen-bond acceptors (Lipinski definition) is 3. The van der Waals surface area contributed by atoms with Crippen molar-refractivity contribution in [3.8, 4) is 0 Å². The van der Waals surface area contributed by atoms with Crippen LogP contribution in [0.15, 0.2) is 15.5 Å². The highest BCUT2D eigenvalue weighted by atomic mass is 79.9. The first-order valence-corrected chi connectivity index (χ1v) is 8.46. The summed E-state index contributed by atoms with van der Waals surface area (Å²) >= 11 is 3.45. The molecule has 1 N–H and O–H groups in total. The summed E-state index contributed by atoms with van der Waals surface area (Å²) in [4.78, 5) is 12.3. The molecular weight excluding hydrogens is 318 g/mol. The predicted octanol–water partition coefficient (Wildman–Crippen LogP) is 3.41. The van der Waals surface area contributed by atoms with E-state index in [0.717, 1.165) is 12.2 Å². The van der Waals surface area contributed by atoms with Crippen molar-refractivity contribution in [2.24, 2.45) is 11.8 Å². The Morgan fingerprint density at radius 2 is 2.10 bits per heavy atom. The van der Waals surface area contributed by atoms with Gasteiger partial charge in [0.05, 0.1) is 11.9 Å². The molecule has 0 aromatic carbocycles. The molecule has 0 saturated heterocycles.